The van der Waals surface area contributed by atoms with E-state index in [-0.39, 0.29) is 5.75 Å². The Bertz CT molecular complexity index is 852. The van der Waals surface area contributed by atoms with Gasteiger partial charge in [-0.05, 0) is 35.9 Å². The van der Waals surface area contributed by atoms with Crippen molar-refractivity contribution in [2.75, 3.05) is 51.7 Å². The summed E-state index contributed by atoms with van der Waals surface area (Å²) in [6.45, 7) is 5.82. The van der Waals surface area contributed by atoms with Crippen LogP contribution >= 0.6 is 0 Å². The highest BCUT2D eigenvalue weighted by Gasteiger charge is 2.16. The third-order valence-electron chi connectivity index (χ3n) is 5.54. The highest BCUT2D eigenvalue weighted by Crippen LogP contribution is 2.16. The number of anilines is 1. The van der Waals surface area contributed by atoms with Gasteiger partial charge in [-0.2, -0.15) is 8.78 Å². The van der Waals surface area contributed by atoms with Crippen LogP contribution in [0.1, 0.15) is 18.1 Å². The van der Waals surface area contributed by atoms with Crippen molar-refractivity contribution in [1.29, 1.82) is 0 Å². The third kappa shape index (κ3) is 6.78. The van der Waals surface area contributed by atoms with E-state index in [1.54, 1.807) is 31.3 Å². The van der Waals surface area contributed by atoms with Gasteiger partial charge in [0.25, 0.3) is 0 Å². The van der Waals surface area contributed by atoms with Crippen molar-refractivity contribution < 1.29 is 13.5 Å². The number of nitrogens with zero attached hydrogens (tertiary/aromatic N) is 5. The molecule has 1 N–H and O–H groups in total. The van der Waals surface area contributed by atoms with Gasteiger partial charge in [0.05, 0.1) is 0 Å². The highest BCUT2D eigenvalue weighted by molar-refractivity contribution is 5.79. The number of guanidine groups is 1. The Balaban J connectivity index is 1.49. The molecule has 174 valence electrons. The molecule has 0 unspecified atom stereocenters. The number of pyridine rings is 1. The van der Waals surface area contributed by atoms with Crippen molar-refractivity contribution >= 4 is 11.8 Å². The van der Waals surface area contributed by atoms with Gasteiger partial charge in [0, 0.05) is 59.6 Å². The predicted octanol–water partition coefficient (Wildman–Crippen LogP) is 3.03. The standard InChI is InChI=1S/C23H32F2N6O/c1-4-30-11-13-31(14-12-30)21-10-7-19(15-27-21)16-28-23(26-2)29(3)17-18-5-8-20(9-6-18)32-22(24)25/h5-10,15,22H,4,11-14,16-17H2,1-3H3,(H,26,28). The van der Waals surface area contributed by atoms with E-state index in [9.17, 15) is 8.78 Å². The molecule has 0 amide bonds. The van der Waals surface area contributed by atoms with Gasteiger partial charge in [0.2, 0.25) is 0 Å². The number of aliphatic imine (C=N–C) groups is 1. The number of likely N-dealkylation sites (N-methyl/N-ethyl adjacent to an activating group) is 1. The third-order valence-corrected chi connectivity index (χ3v) is 5.54. The first-order chi connectivity index (χ1) is 15.5. The van der Waals surface area contributed by atoms with Gasteiger partial charge in [-0.3, -0.25) is 4.99 Å². The lowest BCUT2D eigenvalue weighted by Crippen LogP contribution is -2.46. The van der Waals surface area contributed by atoms with Gasteiger partial charge in [0.1, 0.15) is 11.6 Å². The number of hydrogen-bond donors (Lipinski definition) is 1. The van der Waals surface area contributed by atoms with Crippen LogP contribution in [0, 0.1) is 0 Å². The van der Waals surface area contributed by atoms with E-state index >= 15 is 0 Å². The number of rotatable bonds is 8. The summed E-state index contributed by atoms with van der Waals surface area (Å²) in [4.78, 5) is 15.7. The van der Waals surface area contributed by atoms with Gasteiger partial charge in [-0.15, -0.1) is 0 Å². The minimum absolute atomic E-state index is 0.150. The summed E-state index contributed by atoms with van der Waals surface area (Å²) in [5.74, 6) is 1.90. The summed E-state index contributed by atoms with van der Waals surface area (Å²) < 4.78 is 29.0. The second-order valence-corrected chi connectivity index (χ2v) is 7.73. The molecule has 1 aromatic carbocycles. The average molecular weight is 447 g/mol. The van der Waals surface area contributed by atoms with Crippen molar-refractivity contribution in [1.82, 2.24) is 20.1 Å². The smallest absolute Gasteiger partial charge is 0.387 e. The summed E-state index contributed by atoms with van der Waals surface area (Å²) in [7, 11) is 3.66. The molecule has 0 bridgehead atoms. The van der Waals surface area contributed by atoms with Crippen LogP contribution in [-0.4, -0.2) is 74.2 Å². The van der Waals surface area contributed by atoms with Gasteiger partial charge in [-0.1, -0.05) is 25.1 Å². The zero-order valence-electron chi connectivity index (χ0n) is 19.0. The van der Waals surface area contributed by atoms with Crippen LogP contribution in [0.15, 0.2) is 47.6 Å². The van der Waals surface area contributed by atoms with E-state index in [0.29, 0.717) is 13.1 Å². The Morgan fingerprint density at radius 2 is 1.81 bits per heavy atom. The van der Waals surface area contributed by atoms with Crippen molar-refractivity contribution in [2.45, 2.75) is 26.6 Å². The molecule has 32 heavy (non-hydrogen) atoms. The highest BCUT2D eigenvalue weighted by atomic mass is 19.3. The van der Waals surface area contributed by atoms with Crippen LogP contribution in [-0.2, 0) is 13.1 Å². The Morgan fingerprint density at radius 1 is 1.12 bits per heavy atom. The lowest BCUT2D eigenvalue weighted by molar-refractivity contribution is -0.0498. The van der Waals surface area contributed by atoms with E-state index < -0.39 is 6.61 Å². The van der Waals surface area contributed by atoms with Crippen LogP contribution in [0.25, 0.3) is 0 Å². The van der Waals surface area contributed by atoms with E-state index in [1.165, 1.54) is 0 Å². The Kier molecular flexibility index (Phi) is 8.61. The average Bonchev–Trinajstić information content (AvgIpc) is 2.81. The van der Waals surface area contributed by atoms with E-state index in [1.807, 2.05) is 18.1 Å². The van der Waals surface area contributed by atoms with E-state index in [0.717, 1.165) is 55.6 Å². The monoisotopic (exact) mass is 446 g/mol. The topological polar surface area (TPSA) is 56.2 Å². The molecule has 1 aromatic heterocycles. The van der Waals surface area contributed by atoms with Gasteiger partial charge >= 0.3 is 6.61 Å². The lowest BCUT2D eigenvalue weighted by atomic mass is 10.2. The molecule has 0 atom stereocenters. The molecular formula is C23H32F2N6O. The zero-order chi connectivity index (χ0) is 22.9. The molecule has 7 nitrogen and oxygen atoms in total. The maximum absolute atomic E-state index is 12.3. The fraction of sp³-hybridized carbons (Fsp3) is 0.478. The normalized spacial score (nSPS) is 15.2. The molecular weight excluding hydrogens is 414 g/mol. The number of benzene rings is 1. The van der Waals surface area contributed by atoms with Crippen LogP contribution in [0.5, 0.6) is 5.75 Å². The number of ether oxygens (including phenoxy) is 1. The second-order valence-electron chi connectivity index (χ2n) is 7.73. The molecule has 0 aliphatic carbocycles. The van der Waals surface area contributed by atoms with Crippen molar-refractivity contribution in [3.05, 3.63) is 53.7 Å². The molecule has 2 aromatic rings. The molecule has 1 fully saturated rings. The summed E-state index contributed by atoms with van der Waals surface area (Å²) in [5.41, 5.74) is 2.04. The van der Waals surface area contributed by atoms with Crippen molar-refractivity contribution in [2.24, 2.45) is 4.99 Å². The molecule has 9 heteroatoms. The fourth-order valence-corrected chi connectivity index (χ4v) is 3.69. The molecule has 0 saturated carbocycles. The number of halogens is 2. The van der Waals surface area contributed by atoms with Crippen molar-refractivity contribution in [3.63, 3.8) is 0 Å². The number of nitrogens with one attached hydrogen (secondary N) is 1. The Hall–Kier alpha value is -2.94. The van der Waals surface area contributed by atoms with E-state index in [2.05, 4.69) is 48.9 Å². The molecule has 0 radical (unpaired) electrons. The molecule has 1 aliphatic heterocycles. The zero-order valence-corrected chi connectivity index (χ0v) is 19.0. The van der Waals surface area contributed by atoms with Crippen LogP contribution in [0.3, 0.4) is 0 Å². The second kappa shape index (κ2) is 11.6. The predicted molar refractivity (Wildman–Crippen MR) is 123 cm³/mol. The van der Waals surface area contributed by atoms with Crippen LogP contribution in [0.2, 0.25) is 0 Å². The van der Waals surface area contributed by atoms with E-state index in [4.69, 9.17) is 0 Å². The molecule has 3 rings (SSSR count). The maximum Gasteiger partial charge on any atom is 0.387 e. The first kappa shape index (κ1) is 23.7. The largest absolute Gasteiger partial charge is 0.435 e. The number of aromatic nitrogens is 1. The first-order valence-corrected chi connectivity index (χ1v) is 10.9. The maximum atomic E-state index is 12.3. The van der Waals surface area contributed by atoms with Gasteiger partial charge in [-0.25, -0.2) is 4.98 Å². The Labute approximate surface area is 188 Å². The fourth-order valence-electron chi connectivity index (χ4n) is 3.69. The van der Waals surface area contributed by atoms with Gasteiger partial charge in [0.15, 0.2) is 5.96 Å². The quantitative estimate of drug-likeness (QED) is 0.497. The summed E-state index contributed by atoms with van der Waals surface area (Å²) in [6.07, 6.45) is 1.91. The van der Waals surface area contributed by atoms with Crippen LogP contribution < -0.4 is 15.0 Å². The molecule has 0 spiro atoms. The summed E-state index contributed by atoms with van der Waals surface area (Å²) >= 11 is 0. The van der Waals surface area contributed by atoms with Crippen LogP contribution in [0.4, 0.5) is 14.6 Å². The minimum atomic E-state index is -2.82. The SMILES string of the molecule is CCN1CCN(c2ccc(CNC(=NC)N(C)Cc3ccc(OC(F)F)cc3)cn2)CC1. The number of piperazine rings is 1. The Morgan fingerprint density at radius 3 is 2.38 bits per heavy atom. The van der Waals surface area contributed by atoms with Crippen molar-refractivity contribution in [3.8, 4) is 5.75 Å². The molecule has 2 heterocycles. The molecule has 1 aliphatic rings. The molecule has 1 saturated heterocycles. The van der Waals surface area contributed by atoms with Gasteiger partial charge < -0.3 is 24.8 Å². The summed E-state index contributed by atoms with van der Waals surface area (Å²) in [6, 6.07) is 10.8. The number of hydrogen-bond acceptors (Lipinski definition) is 5. The summed E-state index contributed by atoms with van der Waals surface area (Å²) in [5, 5.41) is 3.35. The number of alkyl halides is 2. The lowest BCUT2D eigenvalue weighted by Gasteiger charge is -2.34. The first-order valence-electron chi connectivity index (χ1n) is 10.9. The minimum Gasteiger partial charge on any atom is -0.435 e.